The predicted molar refractivity (Wildman–Crippen MR) is 51.9 cm³/mol. The summed E-state index contributed by atoms with van der Waals surface area (Å²) in [6, 6.07) is 0. The SMILES string of the molecule is CC1(CNC(=O)CCCl)CCCO1. The van der Waals surface area contributed by atoms with Gasteiger partial charge in [0.25, 0.3) is 0 Å². The number of rotatable bonds is 4. The molecule has 1 unspecified atom stereocenters. The van der Waals surface area contributed by atoms with E-state index in [4.69, 9.17) is 16.3 Å². The summed E-state index contributed by atoms with van der Waals surface area (Å²) in [4.78, 5) is 11.1. The first-order chi connectivity index (χ1) is 6.16. The standard InChI is InChI=1S/C9H16ClNO2/c1-9(4-2-6-13-9)7-11-8(12)3-5-10/h2-7H2,1H3,(H,11,12). The zero-order chi connectivity index (χ0) is 9.73. The Labute approximate surface area is 83.8 Å². The van der Waals surface area contributed by atoms with Crippen LogP contribution in [-0.4, -0.2) is 30.5 Å². The van der Waals surface area contributed by atoms with Gasteiger partial charge in [0.15, 0.2) is 0 Å². The lowest BCUT2D eigenvalue weighted by Gasteiger charge is -2.23. The summed E-state index contributed by atoms with van der Waals surface area (Å²) in [5, 5.41) is 2.82. The molecule has 0 aromatic heterocycles. The lowest BCUT2D eigenvalue weighted by atomic mass is 10.0. The van der Waals surface area contributed by atoms with Crippen LogP contribution in [-0.2, 0) is 9.53 Å². The number of halogens is 1. The van der Waals surface area contributed by atoms with Gasteiger partial charge in [-0.1, -0.05) is 0 Å². The summed E-state index contributed by atoms with van der Waals surface area (Å²) < 4.78 is 5.52. The molecule has 76 valence electrons. The Morgan fingerprint density at radius 2 is 2.46 bits per heavy atom. The van der Waals surface area contributed by atoms with E-state index in [2.05, 4.69) is 5.32 Å². The van der Waals surface area contributed by atoms with Crippen LogP contribution in [0.25, 0.3) is 0 Å². The Balaban J connectivity index is 2.21. The van der Waals surface area contributed by atoms with Crippen molar-refractivity contribution in [2.24, 2.45) is 0 Å². The first-order valence-electron chi connectivity index (χ1n) is 4.63. The molecule has 1 heterocycles. The summed E-state index contributed by atoms with van der Waals surface area (Å²) in [5.74, 6) is 0.385. The van der Waals surface area contributed by atoms with Crippen molar-refractivity contribution in [2.45, 2.75) is 31.8 Å². The number of amides is 1. The highest BCUT2D eigenvalue weighted by atomic mass is 35.5. The van der Waals surface area contributed by atoms with E-state index in [0.717, 1.165) is 19.4 Å². The fourth-order valence-corrected chi connectivity index (χ4v) is 1.61. The molecule has 1 N–H and O–H groups in total. The Bertz CT molecular complexity index is 178. The number of hydrogen-bond acceptors (Lipinski definition) is 2. The molecule has 0 saturated carbocycles. The maximum Gasteiger partial charge on any atom is 0.221 e. The van der Waals surface area contributed by atoms with Crippen LogP contribution in [0.15, 0.2) is 0 Å². The van der Waals surface area contributed by atoms with Crippen molar-refractivity contribution in [1.29, 1.82) is 0 Å². The Morgan fingerprint density at radius 1 is 1.69 bits per heavy atom. The average molecular weight is 206 g/mol. The van der Waals surface area contributed by atoms with Gasteiger partial charge in [-0.25, -0.2) is 0 Å². The molecule has 1 amide bonds. The normalized spacial score (nSPS) is 27.5. The van der Waals surface area contributed by atoms with Gasteiger partial charge in [-0.2, -0.15) is 0 Å². The van der Waals surface area contributed by atoms with Gasteiger partial charge in [-0.3, -0.25) is 4.79 Å². The molecule has 0 aliphatic carbocycles. The van der Waals surface area contributed by atoms with Crippen molar-refractivity contribution in [3.05, 3.63) is 0 Å². The molecule has 0 aromatic carbocycles. The van der Waals surface area contributed by atoms with Crippen molar-refractivity contribution >= 4 is 17.5 Å². The summed E-state index contributed by atoms with van der Waals surface area (Å²) in [5.41, 5.74) is -0.151. The van der Waals surface area contributed by atoms with Crippen LogP contribution in [0.1, 0.15) is 26.2 Å². The van der Waals surface area contributed by atoms with Crippen LogP contribution in [0.4, 0.5) is 0 Å². The molecule has 3 nitrogen and oxygen atoms in total. The highest BCUT2D eigenvalue weighted by molar-refractivity contribution is 6.18. The summed E-state index contributed by atoms with van der Waals surface area (Å²) in [6.07, 6.45) is 2.49. The number of hydrogen-bond donors (Lipinski definition) is 1. The minimum Gasteiger partial charge on any atom is -0.373 e. The van der Waals surface area contributed by atoms with Crippen molar-refractivity contribution in [3.63, 3.8) is 0 Å². The fraction of sp³-hybridized carbons (Fsp3) is 0.889. The molecule has 1 rings (SSSR count). The third-order valence-electron chi connectivity index (χ3n) is 2.28. The number of nitrogens with one attached hydrogen (secondary N) is 1. The monoisotopic (exact) mass is 205 g/mol. The Hall–Kier alpha value is -0.280. The third-order valence-corrected chi connectivity index (χ3v) is 2.47. The van der Waals surface area contributed by atoms with Gasteiger partial charge in [-0.05, 0) is 19.8 Å². The minimum atomic E-state index is -0.151. The topological polar surface area (TPSA) is 38.3 Å². The minimum absolute atomic E-state index is 0.00623. The number of alkyl halides is 1. The second-order valence-electron chi connectivity index (χ2n) is 3.62. The molecule has 4 heteroatoms. The van der Waals surface area contributed by atoms with Crippen LogP contribution >= 0.6 is 11.6 Å². The van der Waals surface area contributed by atoms with Gasteiger partial charge < -0.3 is 10.1 Å². The van der Waals surface area contributed by atoms with Gasteiger partial charge in [-0.15, -0.1) is 11.6 Å². The molecule has 0 aromatic rings. The second-order valence-corrected chi connectivity index (χ2v) is 4.00. The van der Waals surface area contributed by atoms with Crippen molar-refractivity contribution in [3.8, 4) is 0 Å². The molecule has 1 fully saturated rings. The van der Waals surface area contributed by atoms with Crippen molar-refractivity contribution < 1.29 is 9.53 Å². The van der Waals surface area contributed by atoms with Gasteiger partial charge in [0.2, 0.25) is 5.91 Å². The maximum absolute atomic E-state index is 11.1. The molecular formula is C9H16ClNO2. The van der Waals surface area contributed by atoms with E-state index in [1.165, 1.54) is 0 Å². The molecule has 1 saturated heterocycles. The molecular weight excluding hydrogens is 190 g/mol. The van der Waals surface area contributed by atoms with E-state index in [1.54, 1.807) is 0 Å². The van der Waals surface area contributed by atoms with E-state index in [-0.39, 0.29) is 11.5 Å². The van der Waals surface area contributed by atoms with E-state index in [1.807, 2.05) is 6.92 Å². The van der Waals surface area contributed by atoms with Crippen LogP contribution in [0.5, 0.6) is 0 Å². The van der Waals surface area contributed by atoms with E-state index in [0.29, 0.717) is 18.8 Å². The molecule has 1 aliphatic heterocycles. The Morgan fingerprint density at radius 3 is 3.00 bits per heavy atom. The van der Waals surface area contributed by atoms with E-state index in [9.17, 15) is 4.79 Å². The quantitative estimate of drug-likeness (QED) is 0.703. The van der Waals surface area contributed by atoms with E-state index >= 15 is 0 Å². The molecule has 1 atom stereocenters. The smallest absolute Gasteiger partial charge is 0.221 e. The Kier molecular flexibility index (Phi) is 4.00. The first kappa shape index (κ1) is 10.8. The summed E-state index contributed by atoms with van der Waals surface area (Å²) >= 11 is 5.43. The molecule has 0 bridgehead atoms. The highest BCUT2D eigenvalue weighted by Crippen LogP contribution is 2.23. The van der Waals surface area contributed by atoms with Crippen LogP contribution in [0, 0.1) is 0 Å². The molecule has 0 radical (unpaired) electrons. The van der Waals surface area contributed by atoms with Crippen LogP contribution < -0.4 is 5.32 Å². The van der Waals surface area contributed by atoms with Crippen LogP contribution in [0.3, 0.4) is 0 Å². The summed E-state index contributed by atoms with van der Waals surface area (Å²) in [7, 11) is 0. The second kappa shape index (κ2) is 4.82. The number of ether oxygens (including phenoxy) is 1. The molecule has 1 aliphatic rings. The summed E-state index contributed by atoms with van der Waals surface area (Å²) in [6.45, 7) is 3.44. The van der Waals surface area contributed by atoms with Crippen molar-refractivity contribution in [2.75, 3.05) is 19.0 Å². The number of carbonyl (C=O) groups excluding carboxylic acids is 1. The first-order valence-corrected chi connectivity index (χ1v) is 5.16. The lowest BCUT2D eigenvalue weighted by Crippen LogP contribution is -2.40. The largest absolute Gasteiger partial charge is 0.373 e. The average Bonchev–Trinajstić information content (AvgIpc) is 2.51. The van der Waals surface area contributed by atoms with Gasteiger partial charge in [0.1, 0.15) is 0 Å². The van der Waals surface area contributed by atoms with Gasteiger partial charge in [0, 0.05) is 25.5 Å². The maximum atomic E-state index is 11.1. The predicted octanol–water partition coefficient (Wildman–Crippen LogP) is 1.30. The van der Waals surface area contributed by atoms with Gasteiger partial charge >= 0.3 is 0 Å². The van der Waals surface area contributed by atoms with E-state index < -0.39 is 0 Å². The van der Waals surface area contributed by atoms with Crippen molar-refractivity contribution in [1.82, 2.24) is 5.32 Å². The molecule has 0 spiro atoms. The number of carbonyl (C=O) groups is 1. The fourth-order valence-electron chi connectivity index (χ4n) is 1.44. The van der Waals surface area contributed by atoms with Gasteiger partial charge in [0.05, 0.1) is 5.60 Å². The zero-order valence-electron chi connectivity index (χ0n) is 7.94. The van der Waals surface area contributed by atoms with Crippen LogP contribution in [0.2, 0.25) is 0 Å². The molecule has 13 heavy (non-hydrogen) atoms. The zero-order valence-corrected chi connectivity index (χ0v) is 8.69. The lowest BCUT2D eigenvalue weighted by molar-refractivity contribution is -0.121. The highest BCUT2D eigenvalue weighted by Gasteiger charge is 2.29. The third kappa shape index (κ3) is 3.53.